The summed E-state index contributed by atoms with van der Waals surface area (Å²) in [6.45, 7) is 0.130. The van der Waals surface area contributed by atoms with E-state index in [0.29, 0.717) is 11.8 Å². The summed E-state index contributed by atoms with van der Waals surface area (Å²) >= 11 is 0. The zero-order chi connectivity index (χ0) is 21.8. The molecule has 0 unspecified atom stereocenters. The Morgan fingerprint density at radius 2 is 1.83 bits per heavy atom. The Morgan fingerprint density at radius 3 is 2.38 bits per heavy atom. The first-order valence-corrected chi connectivity index (χ1v) is 8.27. The first-order valence-electron chi connectivity index (χ1n) is 8.27. The number of ether oxygens (including phenoxy) is 1. The number of hydrogen-bond donors (Lipinski definition) is 3. The average molecular weight is 414 g/mol. The van der Waals surface area contributed by atoms with Gasteiger partial charge in [-0.05, 0) is 36.8 Å². The number of nitrogens with one attached hydrogen (secondary N) is 1. The van der Waals surface area contributed by atoms with E-state index in [1.165, 1.54) is 24.3 Å². The minimum atomic E-state index is -4.87. The predicted molar refractivity (Wildman–Crippen MR) is 94.2 cm³/mol. The summed E-state index contributed by atoms with van der Waals surface area (Å²) in [7, 11) is 0.840. The highest BCUT2D eigenvalue weighted by molar-refractivity contribution is 5.96. The molecule has 1 aromatic carbocycles. The van der Waals surface area contributed by atoms with Gasteiger partial charge in [-0.1, -0.05) is 0 Å². The van der Waals surface area contributed by atoms with Crippen molar-refractivity contribution in [1.82, 2.24) is 9.88 Å². The molecular weight excluding hydrogens is 397 g/mol. The fourth-order valence-electron chi connectivity index (χ4n) is 2.38. The summed E-state index contributed by atoms with van der Waals surface area (Å²) in [5, 5.41) is 20.8. The highest BCUT2D eigenvalue weighted by atomic mass is 19.4. The number of aromatic carboxylic acids is 1. The number of aromatic hydroxyl groups is 1. The molecule has 1 amide bonds. The Kier molecular flexibility index (Phi) is 6.52. The molecule has 0 saturated heterocycles. The van der Waals surface area contributed by atoms with Crippen LogP contribution in [0.1, 0.15) is 32.8 Å². The van der Waals surface area contributed by atoms with Gasteiger partial charge in [0.25, 0.3) is 11.5 Å². The summed E-state index contributed by atoms with van der Waals surface area (Å²) in [6.07, 6.45) is -4.61. The van der Waals surface area contributed by atoms with Crippen molar-refractivity contribution >= 4 is 11.9 Å². The van der Waals surface area contributed by atoms with Gasteiger partial charge < -0.3 is 24.8 Å². The van der Waals surface area contributed by atoms with E-state index in [9.17, 15) is 32.7 Å². The molecule has 0 aliphatic carbocycles. The number of carbonyl (C=O) groups is 2. The normalized spacial score (nSPS) is 11.2. The lowest BCUT2D eigenvalue weighted by Crippen LogP contribution is -2.31. The molecule has 156 valence electrons. The summed E-state index contributed by atoms with van der Waals surface area (Å²) in [6, 6.07) is 6.04. The van der Waals surface area contributed by atoms with E-state index in [-0.39, 0.29) is 29.7 Å². The van der Waals surface area contributed by atoms with Gasteiger partial charge in [-0.15, -0.1) is 0 Å². The molecule has 0 spiro atoms. The van der Waals surface area contributed by atoms with E-state index >= 15 is 0 Å². The summed E-state index contributed by atoms with van der Waals surface area (Å²) in [5.41, 5.74) is -3.38. The Balaban J connectivity index is 1.93. The van der Waals surface area contributed by atoms with Crippen LogP contribution in [0.25, 0.3) is 0 Å². The van der Waals surface area contributed by atoms with Gasteiger partial charge in [0.15, 0.2) is 5.75 Å². The number of alkyl halides is 3. The molecule has 3 N–H and O–H groups in total. The van der Waals surface area contributed by atoms with Crippen molar-refractivity contribution in [3.63, 3.8) is 0 Å². The van der Waals surface area contributed by atoms with Gasteiger partial charge in [0.1, 0.15) is 11.4 Å². The molecule has 0 aliphatic heterocycles. The maximum absolute atomic E-state index is 13.0. The summed E-state index contributed by atoms with van der Waals surface area (Å²) < 4.78 is 44.5. The number of aromatic nitrogens is 1. The van der Waals surface area contributed by atoms with Gasteiger partial charge in [-0.25, -0.2) is 4.79 Å². The standard InChI is InChI=1S/C18H17F3N2O6/c1-23-13(18(19,20)21)9-12(14(24)16(23)26)15(25)22-7-2-8-29-11-5-3-10(4-6-11)17(27)28/h3-6,9,24H,2,7-8H2,1H3,(H,22,25)(H,27,28). The fourth-order valence-corrected chi connectivity index (χ4v) is 2.38. The molecule has 0 saturated carbocycles. The van der Waals surface area contributed by atoms with Crippen LogP contribution in [-0.2, 0) is 13.2 Å². The lowest BCUT2D eigenvalue weighted by Gasteiger charge is -2.14. The lowest BCUT2D eigenvalue weighted by molar-refractivity contribution is -0.143. The van der Waals surface area contributed by atoms with E-state index in [2.05, 4.69) is 5.32 Å². The molecule has 11 heteroatoms. The summed E-state index contributed by atoms with van der Waals surface area (Å²) in [4.78, 5) is 34.5. The van der Waals surface area contributed by atoms with Gasteiger partial charge in [0, 0.05) is 13.6 Å². The number of nitrogens with zero attached hydrogens (tertiary/aromatic N) is 1. The average Bonchev–Trinajstić information content (AvgIpc) is 2.65. The summed E-state index contributed by atoms with van der Waals surface area (Å²) in [5.74, 6) is -2.78. The monoisotopic (exact) mass is 414 g/mol. The van der Waals surface area contributed by atoms with Gasteiger partial charge in [0.05, 0.1) is 17.7 Å². The fraction of sp³-hybridized carbons (Fsp3) is 0.278. The largest absolute Gasteiger partial charge is 0.502 e. The van der Waals surface area contributed by atoms with E-state index in [1.54, 1.807) is 0 Å². The molecule has 1 heterocycles. The predicted octanol–water partition coefficient (Wildman–Crippen LogP) is 2.01. The third kappa shape index (κ3) is 5.27. The molecule has 2 aromatic rings. The lowest BCUT2D eigenvalue weighted by atomic mass is 10.1. The van der Waals surface area contributed by atoms with Crippen molar-refractivity contribution in [3.8, 4) is 11.5 Å². The second-order valence-electron chi connectivity index (χ2n) is 5.94. The topological polar surface area (TPSA) is 118 Å². The first-order chi connectivity index (χ1) is 13.5. The second-order valence-corrected chi connectivity index (χ2v) is 5.94. The second kappa shape index (κ2) is 8.67. The van der Waals surface area contributed by atoms with Gasteiger partial charge in [0.2, 0.25) is 0 Å². The Bertz CT molecular complexity index is 967. The van der Waals surface area contributed by atoms with Gasteiger partial charge in [-0.3, -0.25) is 9.59 Å². The van der Waals surface area contributed by atoms with Crippen LogP contribution in [0, 0.1) is 0 Å². The highest BCUT2D eigenvalue weighted by Gasteiger charge is 2.36. The molecular formula is C18H17F3N2O6. The maximum atomic E-state index is 13.0. The third-order valence-electron chi connectivity index (χ3n) is 3.92. The van der Waals surface area contributed by atoms with Crippen LogP contribution in [0.5, 0.6) is 11.5 Å². The number of rotatable bonds is 7. The Hall–Kier alpha value is -3.50. The van der Waals surface area contributed by atoms with Crippen molar-refractivity contribution in [1.29, 1.82) is 0 Å². The van der Waals surface area contributed by atoms with Crippen LogP contribution in [-0.4, -0.2) is 39.8 Å². The zero-order valence-corrected chi connectivity index (χ0v) is 15.1. The van der Waals surface area contributed by atoms with Crippen LogP contribution in [0.4, 0.5) is 13.2 Å². The molecule has 0 atom stereocenters. The van der Waals surface area contributed by atoms with Crippen molar-refractivity contribution in [2.24, 2.45) is 7.05 Å². The number of carboxylic acids is 1. The number of amides is 1. The zero-order valence-electron chi connectivity index (χ0n) is 15.1. The highest BCUT2D eigenvalue weighted by Crippen LogP contribution is 2.30. The van der Waals surface area contributed by atoms with Gasteiger partial charge in [-0.2, -0.15) is 13.2 Å². The van der Waals surface area contributed by atoms with E-state index < -0.39 is 40.6 Å². The Labute approximate surface area is 162 Å². The molecule has 8 nitrogen and oxygen atoms in total. The Morgan fingerprint density at radius 1 is 1.21 bits per heavy atom. The molecule has 1 aromatic heterocycles. The van der Waals surface area contributed by atoms with Crippen LogP contribution in [0.15, 0.2) is 35.1 Å². The van der Waals surface area contributed by atoms with Crippen LogP contribution in [0.3, 0.4) is 0 Å². The number of carbonyl (C=O) groups excluding carboxylic acids is 1. The van der Waals surface area contributed by atoms with Crippen molar-refractivity contribution < 1.29 is 37.7 Å². The molecule has 0 fully saturated rings. The van der Waals surface area contributed by atoms with Crippen molar-refractivity contribution in [2.45, 2.75) is 12.6 Å². The number of hydrogen-bond acceptors (Lipinski definition) is 5. The number of benzene rings is 1. The maximum Gasteiger partial charge on any atom is 0.431 e. The number of pyridine rings is 1. The third-order valence-corrected chi connectivity index (χ3v) is 3.92. The smallest absolute Gasteiger partial charge is 0.431 e. The van der Waals surface area contributed by atoms with Gasteiger partial charge >= 0.3 is 12.1 Å². The van der Waals surface area contributed by atoms with Crippen molar-refractivity contribution in [2.75, 3.05) is 13.2 Å². The number of halogens is 3. The molecule has 0 bridgehead atoms. The van der Waals surface area contributed by atoms with E-state index in [4.69, 9.17) is 9.84 Å². The minimum absolute atomic E-state index is 0.00203. The van der Waals surface area contributed by atoms with Crippen LogP contribution >= 0.6 is 0 Å². The molecule has 2 rings (SSSR count). The number of carboxylic acid groups (broad SMARTS) is 1. The van der Waals surface area contributed by atoms with E-state index in [1.807, 2.05) is 0 Å². The van der Waals surface area contributed by atoms with Crippen LogP contribution < -0.4 is 15.6 Å². The van der Waals surface area contributed by atoms with Crippen molar-refractivity contribution in [3.05, 3.63) is 57.5 Å². The molecule has 29 heavy (non-hydrogen) atoms. The minimum Gasteiger partial charge on any atom is -0.502 e. The van der Waals surface area contributed by atoms with Crippen LogP contribution in [0.2, 0.25) is 0 Å². The molecule has 0 aliphatic rings. The van der Waals surface area contributed by atoms with E-state index in [0.717, 1.165) is 7.05 Å². The first kappa shape index (κ1) is 21.8. The quantitative estimate of drug-likeness (QED) is 0.597. The SMILES string of the molecule is Cn1c(C(F)(F)F)cc(C(=O)NCCCOc2ccc(C(=O)O)cc2)c(O)c1=O. The molecule has 0 radical (unpaired) electrons.